The molecule has 94 valence electrons. The lowest BCUT2D eigenvalue weighted by Crippen LogP contribution is -2.15. The smallest absolute Gasteiger partial charge is 0.235 e. The summed E-state index contributed by atoms with van der Waals surface area (Å²) in [5.41, 5.74) is 0.775. The number of nitrogens with zero attached hydrogens (tertiary/aromatic N) is 1. The average Bonchev–Trinajstić information content (AvgIpc) is 2.99. The minimum Gasteiger partial charge on any atom is -0.488 e. The van der Waals surface area contributed by atoms with E-state index in [1.54, 1.807) is 6.08 Å². The summed E-state index contributed by atoms with van der Waals surface area (Å²) in [6.45, 7) is 1.45. The highest BCUT2D eigenvalue weighted by molar-refractivity contribution is 5.42. The van der Waals surface area contributed by atoms with Crippen LogP contribution in [0.1, 0.15) is 24.8 Å². The zero-order valence-electron chi connectivity index (χ0n) is 10.1. The summed E-state index contributed by atoms with van der Waals surface area (Å²) in [5, 5.41) is 0. The maximum absolute atomic E-state index is 10.4. The van der Waals surface area contributed by atoms with Crippen molar-refractivity contribution in [3.8, 4) is 5.75 Å². The maximum atomic E-state index is 10.4. The fourth-order valence-electron chi connectivity index (χ4n) is 2.31. The van der Waals surface area contributed by atoms with Crippen molar-refractivity contribution in [3.63, 3.8) is 0 Å². The van der Waals surface area contributed by atoms with Gasteiger partial charge in [-0.05, 0) is 30.5 Å². The molecule has 0 radical (unpaired) electrons. The summed E-state index contributed by atoms with van der Waals surface area (Å²) in [4.78, 5) is 14.3. The first-order valence-corrected chi connectivity index (χ1v) is 6.26. The molecule has 1 unspecified atom stereocenters. The molecule has 0 N–H and O–H groups in total. The Kier molecular flexibility index (Phi) is 2.90. The molecular weight excluding hydrogens is 230 g/mol. The first-order valence-electron chi connectivity index (χ1n) is 6.26. The van der Waals surface area contributed by atoms with Crippen LogP contribution in [0.3, 0.4) is 0 Å². The highest BCUT2D eigenvalue weighted by atomic mass is 16.5. The predicted molar refractivity (Wildman–Crippen MR) is 65.3 cm³/mol. The van der Waals surface area contributed by atoms with E-state index in [0.29, 0.717) is 6.61 Å². The van der Waals surface area contributed by atoms with E-state index in [4.69, 9.17) is 9.47 Å². The fraction of sp³-hybridized carbons (Fsp3) is 0.500. The van der Waals surface area contributed by atoms with Gasteiger partial charge < -0.3 is 9.47 Å². The van der Waals surface area contributed by atoms with Crippen LogP contribution >= 0.6 is 0 Å². The molecule has 1 aliphatic carbocycles. The molecule has 4 nitrogen and oxygen atoms in total. The topological polar surface area (TPSA) is 47.9 Å². The quantitative estimate of drug-likeness (QED) is 0.603. The van der Waals surface area contributed by atoms with Gasteiger partial charge in [0.25, 0.3) is 0 Å². The summed E-state index contributed by atoms with van der Waals surface area (Å²) in [7, 11) is 0. The molecule has 18 heavy (non-hydrogen) atoms. The van der Waals surface area contributed by atoms with Crippen molar-refractivity contribution in [1.82, 2.24) is 0 Å². The number of benzene rings is 1. The molecule has 0 amide bonds. The molecular formula is C14H15NO3. The van der Waals surface area contributed by atoms with Crippen LogP contribution in [0.2, 0.25) is 0 Å². The van der Waals surface area contributed by atoms with Gasteiger partial charge in [-0.2, -0.15) is 4.99 Å². The van der Waals surface area contributed by atoms with Crippen LogP contribution in [0.5, 0.6) is 5.75 Å². The molecule has 1 saturated heterocycles. The van der Waals surface area contributed by atoms with Crippen molar-refractivity contribution in [1.29, 1.82) is 0 Å². The molecule has 0 bridgehead atoms. The molecule has 1 atom stereocenters. The Morgan fingerprint density at radius 2 is 2.11 bits per heavy atom. The van der Waals surface area contributed by atoms with Gasteiger partial charge in [-0.1, -0.05) is 12.1 Å². The van der Waals surface area contributed by atoms with Crippen molar-refractivity contribution in [2.24, 2.45) is 4.99 Å². The summed E-state index contributed by atoms with van der Waals surface area (Å²) >= 11 is 0. The Morgan fingerprint density at radius 3 is 2.67 bits per heavy atom. The summed E-state index contributed by atoms with van der Waals surface area (Å²) < 4.78 is 11.1. The number of hydrogen-bond donors (Lipinski definition) is 0. The minimum absolute atomic E-state index is 0.165. The number of hydrogen-bond acceptors (Lipinski definition) is 4. The Balaban J connectivity index is 1.71. The Bertz CT molecular complexity index is 466. The maximum Gasteiger partial charge on any atom is 0.235 e. The Morgan fingerprint density at radius 1 is 1.33 bits per heavy atom. The van der Waals surface area contributed by atoms with Gasteiger partial charge in [0, 0.05) is 6.42 Å². The number of ether oxygens (including phenoxy) is 2. The Hall–Kier alpha value is -1.64. The van der Waals surface area contributed by atoms with Crippen LogP contribution in [0.4, 0.5) is 0 Å². The van der Waals surface area contributed by atoms with E-state index in [1.807, 2.05) is 24.3 Å². The number of aliphatic imine (C=N–C) groups is 1. The summed E-state index contributed by atoms with van der Waals surface area (Å²) in [5.74, 6) is 0.847. The number of rotatable bonds is 4. The SMILES string of the molecule is O=C=NC1(c2ccc(OC3CCOC3)cc2)CC1. The van der Waals surface area contributed by atoms with Crippen molar-refractivity contribution < 1.29 is 14.3 Å². The van der Waals surface area contributed by atoms with Gasteiger partial charge in [-0.25, -0.2) is 4.79 Å². The molecule has 0 spiro atoms. The lowest BCUT2D eigenvalue weighted by atomic mass is 10.1. The van der Waals surface area contributed by atoms with Gasteiger partial charge >= 0.3 is 0 Å². The molecule has 1 aromatic rings. The van der Waals surface area contributed by atoms with Crippen LogP contribution < -0.4 is 4.74 Å². The predicted octanol–water partition coefficient (Wildman–Crippen LogP) is 2.18. The van der Waals surface area contributed by atoms with Crippen LogP contribution in [0.25, 0.3) is 0 Å². The summed E-state index contributed by atoms with van der Waals surface area (Å²) in [6, 6.07) is 7.85. The fourth-order valence-corrected chi connectivity index (χ4v) is 2.31. The second-order valence-corrected chi connectivity index (χ2v) is 4.86. The van der Waals surface area contributed by atoms with Crippen molar-refractivity contribution >= 4 is 6.08 Å². The zero-order valence-corrected chi connectivity index (χ0v) is 10.1. The van der Waals surface area contributed by atoms with Gasteiger partial charge in [0.05, 0.1) is 18.8 Å². The van der Waals surface area contributed by atoms with Crippen LogP contribution in [-0.2, 0) is 15.1 Å². The number of isocyanates is 1. The number of carbonyl (C=O) groups excluding carboxylic acids is 1. The van der Waals surface area contributed by atoms with E-state index >= 15 is 0 Å². The van der Waals surface area contributed by atoms with E-state index in [1.165, 1.54) is 0 Å². The van der Waals surface area contributed by atoms with Crippen molar-refractivity contribution in [2.75, 3.05) is 13.2 Å². The van der Waals surface area contributed by atoms with E-state index in [9.17, 15) is 4.79 Å². The monoisotopic (exact) mass is 245 g/mol. The molecule has 1 saturated carbocycles. The van der Waals surface area contributed by atoms with Crippen LogP contribution in [0.15, 0.2) is 29.3 Å². The molecule has 1 aliphatic heterocycles. The third-order valence-electron chi connectivity index (χ3n) is 3.57. The highest BCUT2D eigenvalue weighted by Gasteiger charge is 2.44. The minimum atomic E-state index is -0.295. The van der Waals surface area contributed by atoms with Gasteiger partial charge in [-0.15, -0.1) is 0 Å². The molecule has 4 heteroatoms. The lowest BCUT2D eigenvalue weighted by molar-refractivity contribution is 0.141. The Labute approximate surface area is 106 Å². The van der Waals surface area contributed by atoms with E-state index < -0.39 is 0 Å². The van der Waals surface area contributed by atoms with Gasteiger partial charge in [0.1, 0.15) is 11.9 Å². The second-order valence-electron chi connectivity index (χ2n) is 4.86. The molecule has 1 heterocycles. The van der Waals surface area contributed by atoms with E-state index in [2.05, 4.69) is 4.99 Å². The standard InChI is InChI=1S/C14H15NO3/c16-10-15-14(6-7-14)11-1-3-12(4-2-11)18-13-5-8-17-9-13/h1-4,13H,5-9H2. The highest BCUT2D eigenvalue weighted by Crippen LogP contribution is 2.49. The second kappa shape index (κ2) is 4.56. The zero-order chi connectivity index (χ0) is 12.4. The van der Waals surface area contributed by atoms with Gasteiger partial charge in [-0.3, -0.25) is 0 Å². The third kappa shape index (κ3) is 2.17. The molecule has 0 aromatic heterocycles. The first kappa shape index (κ1) is 11.5. The van der Waals surface area contributed by atoms with Crippen LogP contribution in [-0.4, -0.2) is 25.4 Å². The third-order valence-corrected chi connectivity index (χ3v) is 3.57. The normalized spacial score (nSPS) is 24.3. The van der Waals surface area contributed by atoms with E-state index in [-0.39, 0.29) is 11.6 Å². The molecule has 2 fully saturated rings. The van der Waals surface area contributed by atoms with Gasteiger partial charge in [0.2, 0.25) is 6.08 Å². The average molecular weight is 245 g/mol. The van der Waals surface area contributed by atoms with E-state index in [0.717, 1.165) is 37.2 Å². The van der Waals surface area contributed by atoms with Crippen molar-refractivity contribution in [3.05, 3.63) is 29.8 Å². The van der Waals surface area contributed by atoms with Crippen LogP contribution in [0, 0.1) is 0 Å². The molecule has 1 aromatic carbocycles. The summed E-state index contributed by atoms with van der Waals surface area (Å²) in [6.07, 6.45) is 4.64. The molecule has 2 aliphatic rings. The van der Waals surface area contributed by atoms with Gasteiger partial charge in [0.15, 0.2) is 0 Å². The first-order chi connectivity index (χ1) is 8.82. The van der Waals surface area contributed by atoms with Crippen molar-refractivity contribution in [2.45, 2.75) is 30.9 Å². The molecule has 3 rings (SSSR count). The lowest BCUT2D eigenvalue weighted by Gasteiger charge is -2.13. The largest absolute Gasteiger partial charge is 0.488 e.